The zero-order valence-electron chi connectivity index (χ0n) is 16.0. The number of hydrogen-bond acceptors (Lipinski definition) is 6. The standard InChI is InChI=1S/C21H24N4O4/c22-14-7-12-6-11(14)8-15(12)23-9-10-2-1-3-13-18(10)21(29)25(20(13)28)16-4-5-17(26)24-19(16)27/h1-3,11-12,14-16,23H,4-9,22H2,(H,24,26,27). The van der Waals surface area contributed by atoms with Crippen LogP contribution >= 0.6 is 0 Å². The second kappa shape index (κ2) is 6.74. The van der Waals surface area contributed by atoms with Gasteiger partial charge in [-0.1, -0.05) is 12.1 Å². The summed E-state index contributed by atoms with van der Waals surface area (Å²) in [6.45, 7) is 0.495. The lowest BCUT2D eigenvalue weighted by molar-refractivity contribution is -0.136. The van der Waals surface area contributed by atoms with E-state index in [0.717, 1.165) is 29.7 Å². The molecule has 4 N–H and O–H groups in total. The SMILES string of the molecule is NC1CC2CC1CC2NCc1cccc2c1C(=O)N(C1CCC(=O)NC1=O)C2=O. The number of hydrogen-bond donors (Lipinski definition) is 3. The summed E-state index contributed by atoms with van der Waals surface area (Å²) in [5, 5.41) is 5.79. The average Bonchev–Trinajstić information content (AvgIpc) is 3.33. The van der Waals surface area contributed by atoms with Crippen LogP contribution in [0.2, 0.25) is 0 Å². The van der Waals surface area contributed by atoms with Crippen molar-refractivity contribution in [1.29, 1.82) is 0 Å². The van der Waals surface area contributed by atoms with Gasteiger partial charge in [0.05, 0.1) is 11.1 Å². The van der Waals surface area contributed by atoms with Crippen molar-refractivity contribution in [1.82, 2.24) is 15.5 Å². The summed E-state index contributed by atoms with van der Waals surface area (Å²) in [6.07, 6.45) is 3.53. The fourth-order valence-electron chi connectivity index (χ4n) is 5.54. The lowest BCUT2D eigenvalue weighted by atomic mass is 9.91. The minimum atomic E-state index is -0.937. The van der Waals surface area contributed by atoms with Crippen molar-refractivity contribution in [2.24, 2.45) is 17.6 Å². The molecule has 5 rings (SSSR count). The summed E-state index contributed by atoms with van der Waals surface area (Å²) in [7, 11) is 0. The first-order valence-corrected chi connectivity index (χ1v) is 10.3. The lowest BCUT2D eigenvalue weighted by Gasteiger charge is -2.28. The zero-order valence-corrected chi connectivity index (χ0v) is 16.0. The van der Waals surface area contributed by atoms with E-state index in [0.29, 0.717) is 41.6 Å². The summed E-state index contributed by atoms with van der Waals surface area (Å²) in [4.78, 5) is 50.7. The highest BCUT2D eigenvalue weighted by Crippen LogP contribution is 2.44. The number of fused-ring (bicyclic) bond motifs is 3. The van der Waals surface area contributed by atoms with Gasteiger partial charge in [0.2, 0.25) is 11.8 Å². The first-order chi connectivity index (χ1) is 13.9. The number of nitrogens with zero attached hydrogens (tertiary/aromatic N) is 1. The van der Waals surface area contributed by atoms with Crippen LogP contribution in [0.4, 0.5) is 0 Å². The maximum atomic E-state index is 13.1. The second-order valence-corrected chi connectivity index (χ2v) is 8.67. The zero-order chi connectivity index (χ0) is 20.3. The van der Waals surface area contributed by atoms with Crippen molar-refractivity contribution >= 4 is 23.6 Å². The van der Waals surface area contributed by atoms with E-state index in [1.807, 2.05) is 6.07 Å². The van der Waals surface area contributed by atoms with Crippen LogP contribution in [0, 0.1) is 11.8 Å². The molecule has 2 aliphatic heterocycles. The molecule has 4 amide bonds. The molecule has 2 heterocycles. The Morgan fingerprint density at radius 1 is 1.07 bits per heavy atom. The normalized spacial score (nSPS) is 33.4. The minimum absolute atomic E-state index is 0.116. The lowest BCUT2D eigenvalue weighted by Crippen LogP contribution is -2.54. The topological polar surface area (TPSA) is 122 Å². The number of carbonyl (C=O) groups excluding carboxylic acids is 4. The third kappa shape index (κ3) is 2.89. The highest BCUT2D eigenvalue weighted by Gasteiger charge is 2.46. The molecule has 0 radical (unpaired) electrons. The number of nitrogens with two attached hydrogens (primary N) is 1. The van der Waals surface area contributed by atoms with Gasteiger partial charge in [-0.25, -0.2) is 0 Å². The van der Waals surface area contributed by atoms with E-state index >= 15 is 0 Å². The number of benzene rings is 1. The predicted octanol–water partition coefficient (Wildman–Crippen LogP) is 0.303. The van der Waals surface area contributed by atoms with Crippen LogP contribution < -0.4 is 16.4 Å². The molecule has 2 bridgehead atoms. The first-order valence-electron chi connectivity index (χ1n) is 10.3. The maximum Gasteiger partial charge on any atom is 0.262 e. The van der Waals surface area contributed by atoms with Gasteiger partial charge in [-0.2, -0.15) is 0 Å². The number of amides is 4. The van der Waals surface area contributed by atoms with Crippen LogP contribution in [-0.4, -0.2) is 46.7 Å². The summed E-state index contributed by atoms with van der Waals surface area (Å²) < 4.78 is 0. The van der Waals surface area contributed by atoms with Gasteiger partial charge in [-0.15, -0.1) is 0 Å². The number of nitrogens with one attached hydrogen (secondary N) is 2. The van der Waals surface area contributed by atoms with E-state index in [2.05, 4.69) is 10.6 Å². The van der Waals surface area contributed by atoms with Gasteiger partial charge in [-0.05, 0) is 49.1 Å². The summed E-state index contributed by atoms with van der Waals surface area (Å²) in [5.74, 6) is -0.736. The number of piperidine rings is 1. The van der Waals surface area contributed by atoms with Crippen molar-refractivity contribution in [3.8, 4) is 0 Å². The molecule has 3 fully saturated rings. The Labute approximate surface area is 168 Å². The van der Waals surface area contributed by atoms with E-state index in [4.69, 9.17) is 5.73 Å². The number of imide groups is 2. The van der Waals surface area contributed by atoms with Gasteiger partial charge in [0.1, 0.15) is 6.04 Å². The van der Waals surface area contributed by atoms with Crippen LogP contribution in [0.15, 0.2) is 18.2 Å². The van der Waals surface area contributed by atoms with E-state index < -0.39 is 23.8 Å². The Morgan fingerprint density at radius 3 is 2.59 bits per heavy atom. The van der Waals surface area contributed by atoms with Gasteiger partial charge in [-0.3, -0.25) is 29.4 Å². The Kier molecular flexibility index (Phi) is 4.29. The van der Waals surface area contributed by atoms with Gasteiger partial charge < -0.3 is 11.1 Å². The molecule has 1 aromatic carbocycles. The molecule has 5 atom stereocenters. The van der Waals surface area contributed by atoms with Crippen LogP contribution in [0.5, 0.6) is 0 Å². The molecule has 1 saturated heterocycles. The molecular weight excluding hydrogens is 372 g/mol. The number of carbonyl (C=O) groups is 4. The Balaban J connectivity index is 1.35. The van der Waals surface area contributed by atoms with Crippen LogP contribution in [0.1, 0.15) is 58.4 Å². The monoisotopic (exact) mass is 396 g/mol. The third-order valence-electron chi connectivity index (χ3n) is 7.02. The molecule has 8 heteroatoms. The van der Waals surface area contributed by atoms with E-state index in [1.165, 1.54) is 0 Å². The molecule has 29 heavy (non-hydrogen) atoms. The average molecular weight is 396 g/mol. The maximum absolute atomic E-state index is 13.1. The summed E-state index contributed by atoms with van der Waals surface area (Å²) >= 11 is 0. The fourth-order valence-corrected chi connectivity index (χ4v) is 5.54. The van der Waals surface area contributed by atoms with Crippen molar-refractivity contribution < 1.29 is 19.2 Å². The van der Waals surface area contributed by atoms with Crippen molar-refractivity contribution in [2.75, 3.05) is 0 Å². The Morgan fingerprint density at radius 2 is 1.90 bits per heavy atom. The summed E-state index contributed by atoms with van der Waals surface area (Å²) in [6, 6.07) is 5.00. The van der Waals surface area contributed by atoms with Crippen LogP contribution in [0.3, 0.4) is 0 Å². The fraction of sp³-hybridized carbons (Fsp3) is 0.524. The van der Waals surface area contributed by atoms with Gasteiger partial charge >= 0.3 is 0 Å². The Bertz CT molecular complexity index is 927. The van der Waals surface area contributed by atoms with E-state index in [-0.39, 0.29) is 18.7 Å². The molecule has 0 spiro atoms. The van der Waals surface area contributed by atoms with Crippen molar-refractivity contribution in [3.05, 3.63) is 34.9 Å². The van der Waals surface area contributed by atoms with E-state index in [1.54, 1.807) is 12.1 Å². The first kappa shape index (κ1) is 18.4. The van der Waals surface area contributed by atoms with Crippen molar-refractivity contribution in [3.63, 3.8) is 0 Å². The molecule has 8 nitrogen and oxygen atoms in total. The van der Waals surface area contributed by atoms with Crippen LogP contribution in [-0.2, 0) is 16.1 Å². The highest BCUT2D eigenvalue weighted by molar-refractivity contribution is 6.24. The quantitative estimate of drug-likeness (QED) is 0.630. The molecule has 0 aromatic heterocycles. The highest BCUT2D eigenvalue weighted by atomic mass is 16.2. The molecule has 1 aromatic rings. The summed E-state index contributed by atoms with van der Waals surface area (Å²) in [5.41, 5.74) is 7.60. The van der Waals surface area contributed by atoms with Gasteiger partial charge in [0, 0.05) is 25.0 Å². The third-order valence-corrected chi connectivity index (χ3v) is 7.02. The molecule has 2 aliphatic carbocycles. The minimum Gasteiger partial charge on any atom is -0.327 e. The molecule has 4 aliphatic rings. The molecule has 5 unspecified atom stereocenters. The van der Waals surface area contributed by atoms with Gasteiger partial charge in [0.15, 0.2) is 0 Å². The smallest absolute Gasteiger partial charge is 0.262 e. The van der Waals surface area contributed by atoms with Crippen molar-refractivity contribution in [2.45, 2.75) is 56.8 Å². The number of rotatable bonds is 4. The second-order valence-electron chi connectivity index (χ2n) is 8.67. The Hall–Kier alpha value is -2.58. The molecule has 152 valence electrons. The van der Waals surface area contributed by atoms with E-state index in [9.17, 15) is 19.2 Å². The largest absolute Gasteiger partial charge is 0.327 e. The molecule has 2 saturated carbocycles. The predicted molar refractivity (Wildman–Crippen MR) is 103 cm³/mol. The molecular formula is C21H24N4O4. The van der Waals surface area contributed by atoms with Gasteiger partial charge in [0.25, 0.3) is 11.8 Å². The van der Waals surface area contributed by atoms with Crippen LogP contribution in [0.25, 0.3) is 0 Å².